The number of rotatable bonds is 6. The van der Waals surface area contributed by atoms with E-state index in [1.54, 1.807) is 17.0 Å². The van der Waals surface area contributed by atoms with Crippen LogP contribution in [-0.2, 0) is 10.0 Å². The van der Waals surface area contributed by atoms with Crippen molar-refractivity contribution in [3.63, 3.8) is 0 Å². The van der Waals surface area contributed by atoms with Gasteiger partial charge < -0.3 is 15.4 Å². The van der Waals surface area contributed by atoms with Gasteiger partial charge in [0, 0.05) is 30.7 Å². The molecule has 1 unspecified atom stereocenters. The van der Waals surface area contributed by atoms with Gasteiger partial charge in [0.15, 0.2) is 0 Å². The summed E-state index contributed by atoms with van der Waals surface area (Å²) in [6, 6.07) is 4.54. The number of methoxy groups -OCH3 is 1. The molecule has 2 fully saturated rings. The number of sulfonamides is 1. The van der Waals surface area contributed by atoms with E-state index in [1.165, 1.54) is 13.2 Å². The molecule has 1 saturated carbocycles. The van der Waals surface area contributed by atoms with Crippen LogP contribution in [0.4, 0.5) is 0 Å². The van der Waals surface area contributed by atoms with Crippen molar-refractivity contribution >= 4 is 28.3 Å². The van der Waals surface area contributed by atoms with Crippen molar-refractivity contribution in [2.24, 2.45) is 5.73 Å². The number of nitrogens with two attached hydrogens (primary N) is 1. The van der Waals surface area contributed by atoms with Crippen molar-refractivity contribution in [1.29, 1.82) is 0 Å². The monoisotopic (exact) mass is 417 g/mol. The SMILES string of the molecule is COc1ccc(C(=O)N2CCCC2CN)cc1S(=O)(=O)NC1CCCC1.Cl. The van der Waals surface area contributed by atoms with Gasteiger partial charge in [-0.3, -0.25) is 4.79 Å². The Morgan fingerprint density at radius 2 is 1.96 bits per heavy atom. The van der Waals surface area contributed by atoms with E-state index in [1.807, 2.05) is 0 Å². The molecule has 0 aromatic heterocycles. The standard InChI is InChI=1S/C18H27N3O4S.ClH/c1-25-16-9-8-13(18(22)21-10-4-7-15(21)12-19)11-17(16)26(23,24)20-14-5-2-3-6-14;/h8-9,11,14-15,20H,2-7,10,12,19H2,1H3;1H. The van der Waals surface area contributed by atoms with Crippen molar-refractivity contribution in [2.45, 2.75) is 55.5 Å². The molecule has 1 aromatic rings. The van der Waals surface area contributed by atoms with Gasteiger partial charge in [-0.1, -0.05) is 12.8 Å². The Kier molecular flexibility index (Phi) is 7.50. The lowest BCUT2D eigenvalue weighted by Gasteiger charge is -2.24. The van der Waals surface area contributed by atoms with Crippen molar-refractivity contribution in [1.82, 2.24) is 9.62 Å². The largest absolute Gasteiger partial charge is 0.495 e. The number of likely N-dealkylation sites (tertiary alicyclic amines) is 1. The van der Waals surface area contributed by atoms with Gasteiger partial charge in [0.25, 0.3) is 5.91 Å². The molecule has 1 heterocycles. The maximum atomic E-state index is 12.9. The number of benzene rings is 1. The zero-order chi connectivity index (χ0) is 18.7. The Morgan fingerprint density at radius 3 is 2.59 bits per heavy atom. The molecule has 1 saturated heterocycles. The van der Waals surface area contributed by atoms with Crippen LogP contribution < -0.4 is 15.2 Å². The molecule has 1 atom stereocenters. The molecule has 1 amide bonds. The highest BCUT2D eigenvalue weighted by Gasteiger charge is 2.31. The lowest BCUT2D eigenvalue weighted by atomic mass is 10.1. The smallest absolute Gasteiger partial charge is 0.254 e. The molecule has 152 valence electrons. The van der Waals surface area contributed by atoms with Gasteiger partial charge in [-0.25, -0.2) is 13.1 Å². The molecule has 0 bridgehead atoms. The summed E-state index contributed by atoms with van der Waals surface area (Å²) in [5.74, 6) is 0.0572. The first-order chi connectivity index (χ1) is 12.5. The Morgan fingerprint density at radius 1 is 1.26 bits per heavy atom. The van der Waals surface area contributed by atoms with Gasteiger partial charge in [-0.2, -0.15) is 0 Å². The van der Waals surface area contributed by atoms with Gasteiger partial charge in [-0.15, -0.1) is 12.4 Å². The minimum atomic E-state index is -3.76. The number of ether oxygens (including phenoxy) is 1. The molecular weight excluding hydrogens is 390 g/mol. The van der Waals surface area contributed by atoms with E-state index in [4.69, 9.17) is 10.5 Å². The van der Waals surface area contributed by atoms with Crippen molar-refractivity contribution in [3.05, 3.63) is 23.8 Å². The second kappa shape index (κ2) is 9.23. The predicted octanol–water partition coefficient (Wildman–Crippen LogP) is 1.90. The first kappa shape index (κ1) is 21.9. The van der Waals surface area contributed by atoms with Gasteiger partial charge in [-0.05, 0) is 43.9 Å². The molecule has 7 nitrogen and oxygen atoms in total. The summed E-state index contributed by atoms with van der Waals surface area (Å²) < 4.78 is 33.7. The maximum absolute atomic E-state index is 12.9. The van der Waals surface area contributed by atoms with E-state index in [0.717, 1.165) is 38.5 Å². The van der Waals surface area contributed by atoms with E-state index in [9.17, 15) is 13.2 Å². The number of amides is 1. The van der Waals surface area contributed by atoms with Gasteiger partial charge in [0.1, 0.15) is 10.6 Å². The molecule has 3 N–H and O–H groups in total. The Labute approximate surface area is 167 Å². The minimum Gasteiger partial charge on any atom is -0.495 e. The number of hydrogen-bond donors (Lipinski definition) is 2. The van der Waals surface area contributed by atoms with Crippen LogP contribution in [0.1, 0.15) is 48.9 Å². The summed E-state index contributed by atoms with van der Waals surface area (Å²) in [5.41, 5.74) is 6.10. The van der Waals surface area contributed by atoms with Gasteiger partial charge in [0.05, 0.1) is 7.11 Å². The van der Waals surface area contributed by atoms with Crippen LogP contribution in [0.5, 0.6) is 5.75 Å². The van der Waals surface area contributed by atoms with Crippen LogP contribution in [0.2, 0.25) is 0 Å². The van der Waals surface area contributed by atoms with E-state index < -0.39 is 10.0 Å². The molecule has 27 heavy (non-hydrogen) atoms. The van der Waals surface area contributed by atoms with Crippen LogP contribution in [0, 0.1) is 0 Å². The van der Waals surface area contributed by atoms with Crippen LogP contribution in [-0.4, -0.2) is 51.5 Å². The second-order valence-electron chi connectivity index (χ2n) is 7.00. The molecule has 2 aliphatic rings. The average molecular weight is 418 g/mol. The molecule has 0 radical (unpaired) electrons. The molecule has 0 spiro atoms. The first-order valence-electron chi connectivity index (χ1n) is 9.17. The molecule has 9 heteroatoms. The third-order valence-electron chi connectivity index (χ3n) is 5.29. The van der Waals surface area contributed by atoms with Crippen molar-refractivity contribution < 1.29 is 17.9 Å². The number of carbonyl (C=O) groups is 1. The van der Waals surface area contributed by atoms with Crippen LogP contribution in [0.25, 0.3) is 0 Å². The second-order valence-corrected chi connectivity index (χ2v) is 8.68. The summed E-state index contributed by atoms with van der Waals surface area (Å²) in [5, 5.41) is 0. The fourth-order valence-corrected chi connectivity index (χ4v) is 5.36. The number of carbonyl (C=O) groups excluding carboxylic acids is 1. The summed E-state index contributed by atoms with van der Waals surface area (Å²) in [6.07, 6.45) is 5.53. The van der Waals surface area contributed by atoms with Crippen molar-refractivity contribution in [2.75, 3.05) is 20.2 Å². The highest BCUT2D eigenvalue weighted by molar-refractivity contribution is 7.89. The number of hydrogen-bond acceptors (Lipinski definition) is 5. The summed E-state index contributed by atoms with van der Waals surface area (Å²) in [4.78, 5) is 14.6. The Balaban J connectivity index is 0.00000261. The number of nitrogens with zero attached hydrogens (tertiary/aromatic N) is 1. The quantitative estimate of drug-likeness (QED) is 0.736. The number of halogens is 1. The average Bonchev–Trinajstić information content (AvgIpc) is 3.31. The van der Waals surface area contributed by atoms with Crippen molar-refractivity contribution in [3.8, 4) is 5.75 Å². The minimum absolute atomic E-state index is 0. The molecule has 3 rings (SSSR count). The lowest BCUT2D eigenvalue weighted by Crippen LogP contribution is -2.40. The zero-order valence-electron chi connectivity index (χ0n) is 15.5. The summed E-state index contributed by atoms with van der Waals surface area (Å²) in [6.45, 7) is 1.06. The highest BCUT2D eigenvalue weighted by atomic mass is 35.5. The van der Waals surface area contributed by atoms with Crippen LogP contribution >= 0.6 is 12.4 Å². The molecule has 1 aliphatic carbocycles. The molecule has 1 aliphatic heterocycles. The molecular formula is C18H28ClN3O4S. The Hall–Kier alpha value is -1.35. The van der Waals surface area contributed by atoms with Gasteiger partial charge in [0.2, 0.25) is 10.0 Å². The van der Waals surface area contributed by atoms with Crippen LogP contribution in [0.3, 0.4) is 0 Å². The van der Waals surface area contributed by atoms with E-state index in [-0.39, 0.29) is 41.0 Å². The van der Waals surface area contributed by atoms with Gasteiger partial charge >= 0.3 is 0 Å². The topological polar surface area (TPSA) is 102 Å². The predicted molar refractivity (Wildman–Crippen MR) is 106 cm³/mol. The third-order valence-corrected chi connectivity index (χ3v) is 6.83. The van der Waals surface area contributed by atoms with E-state index in [2.05, 4.69) is 4.72 Å². The highest BCUT2D eigenvalue weighted by Crippen LogP contribution is 2.28. The Bertz CT molecular complexity index is 766. The fourth-order valence-electron chi connectivity index (χ4n) is 3.86. The zero-order valence-corrected chi connectivity index (χ0v) is 17.2. The normalized spacial score (nSPS) is 20.5. The lowest BCUT2D eigenvalue weighted by molar-refractivity contribution is 0.0741. The maximum Gasteiger partial charge on any atom is 0.254 e. The fraction of sp³-hybridized carbons (Fsp3) is 0.611. The van der Waals surface area contributed by atoms with E-state index >= 15 is 0 Å². The number of nitrogens with one attached hydrogen (secondary N) is 1. The van der Waals surface area contributed by atoms with Crippen LogP contribution in [0.15, 0.2) is 23.1 Å². The summed E-state index contributed by atoms with van der Waals surface area (Å²) in [7, 11) is -2.33. The summed E-state index contributed by atoms with van der Waals surface area (Å²) >= 11 is 0. The van der Waals surface area contributed by atoms with E-state index in [0.29, 0.717) is 18.7 Å². The first-order valence-corrected chi connectivity index (χ1v) is 10.7. The third kappa shape index (κ3) is 4.74. The molecule has 1 aromatic carbocycles.